The summed E-state index contributed by atoms with van der Waals surface area (Å²) in [6.07, 6.45) is -1.71. The lowest BCUT2D eigenvalue weighted by molar-refractivity contribution is -0.136. The number of anilines is 1. The van der Waals surface area contributed by atoms with Crippen LogP contribution in [-0.2, 0) is 19.6 Å². The lowest BCUT2D eigenvalue weighted by Gasteiger charge is -2.37. The van der Waals surface area contributed by atoms with Gasteiger partial charge in [0.05, 0.1) is 17.9 Å². The molecule has 3 aliphatic heterocycles. The smallest absolute Gasteiger partial charge is 0.381 e. The fraction of sp³-hybridized carbons (Fsp3) is 0.581. The molecule has 7 nitrogen and oxygen atoms in total. The Bertz CT molecular complexity index is 1510. The van der Waals surface area contributed by atoms with Crippen molar-refractivity contribution in [2.45, 2.75) is 56.7 Å². The molecular weight excluding hydrogens is 641 g/mol. The predicted octanol–water partition coefficient (Wildman–Crippen LogP) is 5.86. The number of carbonyl (C=O) groups excluding carboxylic acids is 1. The van der Waals surface area contributed by atoms with Crippen LogP contribution in [0, 0.1) is 24.5 Å². The molecule has 2 atom stereocenters. The molecule has 3 saturated heterocycles. The number of amides is 1. The number of aryl methyl sites for hydroxylation is 1. The number of piperidine rings is 1. The summed E-state index contributed by atoms with van der Waals surface area (Å²) in [5.41, 5.74) is 1.04. The van der Waals surface area contributed by atoms with Gasteiger partial charge in [-0.15, -0.1) is 0 Å². The van der Waals surface area contributed by atoms with Crippen LogP contribution in [-0.4, -0.2) is 88.5 Å². The number of hydrogen-bond acceptors (Lipinski definition) is 5. The summed E-state index contributed by atoms with van der Waals surface area (Å²) in [7, 11) is -4.29. The van der Waals surface area contributed by atoms with Gasteiger partial charge in [0.1, 0.15) is 18.2 Å². The van der Waals surface area contributed by atoms with Gasteiger partial charge in [-0.25, -0.2) is 17.2 Å². The van der Waals surface area contributed by atoms with Crippen LogP contribution in [0.3, 0.4) is 0 Å². The summed E-state index contributed by atoms with van der Waals surface area (Å²) in [5, 5.41) is 0.302. The number of ether oxygens (including phenoxy) is 1. The number of alkyl halides is 3. The van der Waals surface area contributed by atoms with E-state index in [9.17, 15) is 30.8 Å². The Morgan fingerprint density at radius 2 is 1.69 bits per heavy atom. The normalized spacial score (nSPS) is 22.6. The fourth-order valence-electron chi connectivity index (χ4n) is 6.96. The largest absolute Gasteiger partial charge is 0.407 e. The first-order valence-electron chi connectivity index (χ1n) is 15.0. The molecule has 0 saturated carbocycles. The Hall–Kier alpha value is -2.48. The zero-order valence-corrected chi connectivity index (χ0v) is 26.7. The lowest BCUT2D eigenvalue weighted by atomic mass is 9.85. The van der Waals surface area contributed by atoms with Crippen molar-refractivity contribution in [3.63, 3.8) is 0 Å². The maximum atomic E-state index is 15.0. The molecule has 0 bridgehead atoms. The van der Waals surface area contributed by atoms with Crippen LogP contribution in [0.4, 0.5) is 27.6 Å². The summed E-state index contributed by atoms with van der Waals surface area (Å²) in [5.74, 6) is -2.95. The van der Waals surface area contributed by atoms with E-state index in [0.29, 0.717) is 65.2 Å². The molecule has 45 heavy (non-hydrogen) atoms. The van der Waals surface area contributed by atoms with Crippen molar-refractivity contribution in [3.05, 3.63) is 63.7 Å². The molecule has 0 aliphatic carbocycles. The van der Waals surface area contributed by atoms with Crippen LogP contribution < -0.4 is 4.31 Å². The monoisotopic (exact) mass is 677 g/mol. The number of likely N-dealkylation sites (tertiary alicyclic amines) is 2. The lowest BCUT2D eigenvalue weighted by Crippen LogP contribution is -2.44. The molecule has 1 amide bonds. The molecule has 248 valence electrons. The van der Waals surface area contributed by atoms with Crippen molar-refractivity contribution in [1.82, 2.24) is 9.80 Å². The zero-order valence-electron chi connectivity index (χ0n) is 25.1. The molecule has 2 aromatic rings. The van der Waals surface area contributed by atoms with Gasteiger partial charge in [-0.3, -0.25) is 14.0 Å². The number of sulfonamides is 1. The molecule has 3 heterocycles. The first-order chi connectivity index (χ1) is 21.1. The van der Waals surface area contributed by atoms with E-state index in [1.807, 2.05) is 0 Å². The fourth-order valence-corrected chi connectivity index (χ4v) is 8.03. The third-order valence-electron chi connectivity index (χ3n) is 9.28. The molecule has 3 aliphatic rings. The molecule has 2 aromatic carbocycles. The van der Waals surface area contributed by atoms with Crippen LogP contribution in [0.5, 0.6) is 0 Å². The van der Waals surface area contributed by atoms with E-state index >= 15 is 4.39 Å². The maximum Gasteiger partial charge on any atom is 0.407 e. The number of hydrogen-bond donors (Lipinski definition) is 0. The van der Waals surface area contributed by atoms with Crippen molar-refractivity contribution in [2.24, 2.45) is 5.92 Å². The summed E-state index contributed by atoms with van der Waals surface area (Å²) in [6, 6.07) is 6.53. The van der Waals surface area contributed by atoms with Crippen LogP contribution in [0.15, 0.2) is 30.3 Å². The molecule has 0 N–H and O–H groups in total. The molecular formula is C31H37ClF5N3O4S. The molecule has 5 rings (SSSR count). The van der Waals surface area contributed by atoms with Crippen molar-refractivity contribution >= 4 is 33.2 Å². The van der Waals surface area contributed by atoms with E-state index in [4.69, 9.17) is 16.3 Å². The van der Waals surface area contributed by atoms with Crippen LogP contribution >= 0.6 is 11.6 Å². The third kappa shape index (κ3) is 7.74. The van der Waals surface area contributed by atoms with Gasteiger partial charge in [-0.1, -0.05) is 17.7 Å². The van der Waals surface area contributed by atoms with Gasteiger partial charge < -0.3 is 9.64 Å². The molecule has 0 aromatic heterocycles. The van der Waals surface area contributed by atoms with Crippen LogP contribution in [0.1, 0.15) is 54.2 Å². The second-order valence-electron chi connectivity index (χ2n) is 12.3. The van der Waals surface area contributed by atoms with Gasteiger partial charge in [-0.2, -0.15) is 13.2 Å². The van der Waals surface area contributed by atoms with Gasteiger partial charge in [0.15, 0.2) is 0 Å². The highest BCUT2D eigenvalue weighted by Gasteiger charge is 2.44. The summed E-state index contributed by atoms with van der Waals surface area (Å²) in [4.78, 5) is 17.9. The molecule has 0 radical (unpaired) electrons. The van der Waals surface area contributed by atoms with Crippen molar-refractivity contribution in [3.8, 4) is 0 Å². The minimum atomic E-state index is -4.77. The van der Waals surface area contributed by atoms with Crippen molar-refractivity contribution < 1.29 is 39.9 Å². The summed E-state index contributed by atoms with van der Waals surface area (Å²) < 4.78 is 100. The average Bonchev–Trinajstić information content (AvgIpc) is 3.41. The van der Waals surface area contributed by atoms with E-state index < -0.39 is 46.2 Å². The number of carbonyl (C=O) groups is 1. The molecule has 1 unspecified atom stereocenters. The average molecular weight is 678 g/mol. The van der Waals surface area contributed by atoms with E-state index in [-0.39, 0.29) is 36.6 Å². The summed E-state index contributed by atoms with van der Waals surface area (Å²) in [6.45, 7) is 2.55. The van der Waals surface area contributed by atoms with Crippen LogP contribution in [0.25, 0.3) is 0 Å². The van der Waals surface area contributed by atoms with Gasteiger partial charge in [-0.05, 0) is 73.4 Å². The Labute approximate surface area is 265 Å². The SMILES string of the molecule is Cc1cc(N(CC(F)(F)F)S(C)(=O)=O)c(C2CCN(C(=O)C3CN(C4CCOCC4)C[C@H]3c3ccc(F)cc3F)CC2)cc1Cl. The van der Waals surface area contributed by atoms with Gasteiger partial charge in [0.25, 0.3) is 0 Å². The topological polar surface area (TPSA) is 70.2 Å². The van der Waals surface area contributed by atoms with Gasteiger partial charge in [0.2, 0.25) is 15.9 Å². The highest BCUT2D eigenvalue weighted by Crippen LogP contribution is 2.42. The van der Waals surface area contributed by atoms with Crippen molar-refractivity contribution in [2.75, 3.05) is 56.5 Å². The minimum Gasteiger partial charge on any atom is -0.381 e. The number of rotatable bonds is 7. The molecule has 0 spiro atoms. The Kier molecular flexibility index (Phi) is 10.0. The van der Waals surface area contributed by atoms with Crippen molar-refractivity contribution in [1.29, 1.82) is 0 Å². The highest BCUT2D eigenvalue weighted by atomic mass is 35.5. The minimum absolute atomic E-state index is 0.0729. The second-order valence-corrected chi connectivity index (χ2v) is 14.6. The Morgan fingerprint density at radius 3 is 2.29 bits per heavy atom. The number of halogens is 6. The highest BCUT2D eigenvalue weighted by molar-refractivity contribution is 7.92. The quantitative estimate of drug-likeness (QED) is 0.344. The van der Waals surface area contributed by atoms with Gasteiger partial charge >= 0.3 is 6.18 Å². The third-order valence-corrected chi connectivity index (χ3v) is 10.8. The van der Waals surface area contributed by atoms with E-state index in [0.717, 1.165) is 25.2 Å². The molecule has 3 fully saturated rings. The Morgan fingerprint density at radius 1 is 1.02 bits per heavy atom. The first kappa shape index (κ1) is 33.9. The summed E-state index contributed by atoms with van der Waals surface area (Å²) >= 11 is 6.38. The maximum absolute atomic E-state index is 15.0. The van der Waals surface area contributed by atoms with E-state index in [2.05, 4.69) is 4.90 Å². The molecule has 14 heteroatoms. The number of benzene rings is 2. The number of nitrogens with zero attached hydrogens (tertiary/aromatic N) is 3. The zero-order chi connectivity index (χ0) is 32.7. The Balaban J connectivity index is 1.37. The van der Waals surface area contributed by atoms with Crippen LogP contribution in [0.2, 0.25) is 5.02 Å². The van der Waals surface area contributed by atoms with Gasteiger partial charge in [0, 0.05) is 62.4 Å². The predicted molar refractivity (Wildman–Crippen MR) is 161 cm³/mol. The standard InChI is InChI=1S/C31H37ClF5N3O4S/c1-19-13-29(40(45(2,42)43)18-31(35,36)37)24(15-27(19)32)20-5-9-38(10-6-20)30(41)26-17-39(22-7-11-44-12-8-22)16-25(26)23-4-3-21(33)14-28(23)34/h3-4,13-15,20,22,25-26H,5-12,16-18H2,1-2H3/t25-,26?/m0/s1. The second kappa shape index (κ2) is 13.3. The van der Waals surface area contributed by atoms with E-state index in [1.54, 1.807) is 11.8 Å². The van der Waals surface area contributed by atoms with E-state index in [1.165, 1.54) is 24.3 Å². The first-order valence-corrected chi connectivity index (χ1v) is 17.2.